The average Bonchev–Trinajstić information content (AvgIpc) is 3.43. The fourth-order valence-electron chi connectivity index (χ4n) is 4.88. The van der Waals surface area contributed by atoms with Crippen molar-refractivity contribution in [3.63, 3.8) is 0 Å². The molecule has 0 bridgehead atoms. The number of rotatable bonds is 11. The van der Waals surface area contributed by atoms with E-state index in [1.165, 1.54) is 10.4 Å². The number of hydrogen-bond acceptors (Lipinski definition) is 7. The molecule has 1 saturated heterocycles. The number of carbonyl (C=O) groups is 1. The van der Waals surface area contributed by atoms with Crippen LogP contribution in [0.5, 0.6) is 5.75 Å². The lowest BCUT2D eigenvalue weighted by molar-refractivity contribution is -0.143. The summed E-state index contributed by atoms with van der Waals surface area (Å²) in [7, 11) is 1.55. The standard InChI is InChI=1S/C26H31ClFN3O3S2/c1-34-18-5-6-22-19(16-18)24(20(27)17-29-22)21(28)7-8-26(25(32)30-33)9-12-31(13-10-26)11-3-15-36-23-4-2-14-35-23/h2,4-6,14,16-17,21,33H,3,7-13,15H2,1H3,(H,30,32). The molecule has 2 N–H and O–H groups in total. The quantitative estimate of drug-likeness (QED) is 0.122. The number of methoxy groups -OCH3 is 1. The molecule has 1 atom stereocenters. The number of benzene rings is 1. The van der Waals surface area contributed by atoms with Crippen LogP contribution < -0.4 is 10.2 Å². The van der Waals surface area contributed by atoms with E-state index >= 15 is 4.39 Å². The number of aromatic nitrogens is 1. The van der Waals surface area contributed by atoms with E-state index in [1.807, 2.05) is 17.2 Å². The van der Waals surface area contributed by atoms with Gasteiger partial charge in [0.2, 0.25) is 5.91 Å². The van der Waals surface area contributed by atoms with E-state index in [4.69, 9.17) is 16.3 Å². The third kappa shape index (κ3) is 6.31. The summed E-state index contributed by atoms with van der Waals surface area (Å²) in [6.45, 7) is 2.44. The van der Waals surface area contributed by atoms with Gasteiger partial charge in [0, 0.05) is 22.9 Å². The number of thioether (sulfide) groups is 1. The normalized spacial score (nSPS) is 16.7. The lowest BCUT2D eigenvalue weighted by Crippen LogP contribution is -2.48. The van der Waals surface area contributed by atoms with Gasteiger partial charge in [-0.05, 0) is 81.4 Å². The van der Waals surface area contributed by atoms with Gasteiger partial charge in [-0.1, -0.05) is 17.7 Å². The van der Waals surface area contributed by atoms with Crippen molar-refractivity contribution in [3.8, 4) is 5.75 Å². The molecule has 0 radical (unpaired) electrons. The Morgan fingerprint density at radius 3 is 2.89 bits per heavy atom. The predicted octanol–water partition coefficient (Wildman–Crippen LogP) is 6.52. The van der Waals surface area contributed by atoms with E-state index in [9.17, 15) is 10.0 Å². The first-order valence-corrected chi connectivity index (χ1v) is 14.3. The van der Waals surface area contributed by atoms with Crippen molar-refractivity contribution in [3.05, 3.63) is 52.5 Å². The van der Waals surface area contributed by atoms with Crippen LogP contribution >= 0.6 is 34.7 Å². The molecule has 1 fully saturated rings. The van der Waals surface area contributed by atoms with Gasteiger partial charge in [0.25, 0.3) is 0 Å². The van der Waals surface area contributed by atoms with E-state index in [0.717, 1.165) is 31.8 Å². The summed E-state index contributed by atoms with van der Waals surface area (Å²) in [6.07, 6.45) is 2.71. The van der Waals surface area contributed by atoms with Gasteiger partial charge in [-0.15, -0.1) is 23.1 Å². The molecule has 1 aromatic carbocycles. The number of carbonyl (C=O) groups excluding carboxylic acids is 1. The van der Waals surface area contributed by atoms with Crippen molar-refractivity contribution >= 4 is 51.5 Å². The first-order chi connectivity index (χ1) is 17.5. The Kier molecular flexibility index (Phi) is 9.47. The third-order valence-electron chi connectivity index (χ3n) is 7.01. The Morgan fingerprint density at radius 2 is 2.19 bits per heavy atom. The number of hydrogen-bond donors (Lipinski definition) is 2. The van der Waals surface area contributed by atoms with Crippen molar-refractivity contribution in [2.75, 3.05) is 32.5 Å². The van der Waals surface area contributed by atoms with Gasteiger partial charge in [-0.3, -0.25) is 15.0 Å². The van der Waals surface area contributed by atoms with Crippen LogP contribution in [0.25, 0.3) is 10.9 Å². The van der Waals surface area contributed by atoms with Crippen LogP contribution in [0.3, 0.4) is 0 Å². The van der Waals surface area contributed by atoms with Crippen molar-refractivity contribution in [2.45, 2.75) is 42.5 Å². The van der Waals surface area contributed by atoms with E-state index in [1.54, 1.807) is 36.6 Å². The second kappa shape index (κ2) is 12.6. The molecular formula is C26H31ClFN3O3S2. The number of pyridine rings is 1. The van der Waals surface area contributed by atoms with E-state index in [2.05, 4.69) is 27.4 Å². The first-order valence-electron chi connectivity index (χ1n) is 12.1. The largest absolute Gasteiger partial charge is 0.497 e. The molecule has 4 rings (SSSR count). The Bertz CT molecular complexity index is 1160. The van der Waals surface area contributed by atoms with Crippen LogP contribution in [-0.2, 0) is 4.79 Å². The summed E-state index contributed by atoms with van der Waals surface area (Å²) in [4.78, 5) is 19.4. The minimum atomic E-state index is -1.38. The van der Waals surface area contributed by atoms with Crippen molar-refractivity contribution < 1.29 is 19.1 Å². The highest BCUT2D eigenvalue weighted by atomic mass is 35.5. The Balaban J connectivity index is 1.38. The number of hydroxylamine groups is 1. The fraction of sp³-hybridized carbons (Fsp3) is 0.462. The average molecular weight is 552 g/mol. The molecule has 194 valence electrons. The van der Waals surface area contributed by atoms with Crippen LogP contribution in [0.15, 0.2) is 46.1 Å². The van der Waals surface area contributed by atoms with Gasteiger partial charge in [-0.25, -0.2) is 9.87 Å². The molecule has 0 spiro atoms. The van der Waals surface area contributed by atoms with Gasteiger partial charge >= 0.3 is 0 Å². The van der Waals surface area contributed by atoms with Crippen molar-refractivity contribution in [1.82, 2.24) is 15.4 Å². The maximum atomic E-state index is 15.7. The number of alkyl halides is 1. The fourth-order valence-corrected chi connectivity index (χ4v) is 6.94. The molecule has 6 nitrogen and oxygen atoms in total. The predicted molar refractivity (Wildman–Crippen MR) is 144 cm³/mol. The minimum absolute atomic E-state index is 0.112. The second-order valence-electron chi connectivity index (χ2n) is 9.11. The van der Waals surface area contributed by atoms with E-state index in [0.29, 0.717) is 41.5 Å². The topological polar surface area (TPSA) is 74.7 Å². The van der Waals surface area contributed by atoms with Crippen LogP contribution in [-0.4, -0.2) is 53.5 Å². The molecule has 3 heterocycles. The zero-order valence-corrected chi connectivity index (χ0v) is 22.6. The summed E-state index contributed by atoms with van der Waals surface area (Å²) < 4.78 is 22.3. The third-order valence-corrected chi connectivity index (χ3v) is 9.53. The van der Waals surface area contributed by atoms with Crippen molar-refractivity contribution in [2.24, 2.45) is 5.41 Å². The summed E-state index contributed by atoms with van der Waals surface area (Å²) in [5.41, 5.74) is 2.02. The lowest BCUT2D eigenvalue weighted by atomic mass is 9.73. The highest BCUT2D eigenvalue weighted by molar-refractivity contribution is 8.01. The molecule has 0 aliphatic carbocycles. The molecule has 0 saturated carbocycles. The van der Waals surface area contributed by atoms with Gasteiger partial charge < -0.3 is 9.64 Å². The molecule has 1 aliphatic heterocycles. The number of fused-ring (bicyclic) bond motifs is 1. The van der Waals surface area contributed by atoms with Crippen LogP contribution in [0.4, 0.5) is 4.39 Å². The summed E-state index contributed by atoms with van der Waals surface area (Å²) in [6, 6.07) is 9.48. The Hall–Kier alpha value is -1.91. The number of likely N-dealkylation sites (tertiary alicyclic amines) is 1. The van der Waals surface area contributed by atoms with Gasteiger partial charge in [0.05, 0.1) is 27.3 Å². The number of nitrogens with zero attached hydrogens (tertiary/aromatic N) is 2. The van der Waals surface area contributed by atoms with Crippen LogP contribution in [0.1, 0.15) is 43.8 Å². The number of amides is 1. The monoisotopic (exact) mass is 551 g/mol. The number of piperidine rings is 1. The summed E-state index contributed by atoms with van der Waals surface area (Å²) in [5, 5.41) is 12.4. The molecule has 1 amide bonds. The zero-order chi connectivity index (χ0) is 25.5. The lowest BCUT2D eigenvalue weighted by Gasteiger charge is -2.40. The number of thiophene rings is 1. The number of ether oxygens (including phenoxy) is 1. The number of halogens is 2. The molecular weight excluding hydrogens is 521 g/mol. The first kappa shape index (κ1) is 27.1. The molecule has 2 aromatic heterocycles. The summed E-state index contributed by atoms with van der Waals surface area (Å²) >= 11 is 10.0. The molecule has 1 aliphatic rings. The summed E-state index contributed by atoms with van der Waals surface area (Å²) in [5.74, 6) is 1.21. The molecule has 36 heavy (non-hydrogen) atoms. The van der Waals surface area contributed by atoms with Crippen molar-refractivity contribution in [1.29, 1.82) is 0 Å². The SMILES string of the molecule is COc1ccc2ncc(Cl)c(C(F)CCC3(C(=O)NO)CCN(CCCSc4cccs4)CC3)c2c1. The van der Waals surface area contributed by atoms with Crippen LogP contribution in [0, 0.1) is 5.41 Å². The smallest absolute Gasteiger partial charge is 0.249 e. The molecule has 10 heteroatoms. The zero-order valence-electron chi connectivity index (χ0n) is 20.2. The minimum Gasteiger partial charge on any atom is -0.497 e. The highest BCUT2D eigenvalue weighted by Gasteiger charge is 2.41. The maximum Gasteiger partial charge on any atom is 0.249 e. The number of nitrogens with one attached hydrogen (secondary N) is 1. The second-order valence-corrected chi connectivity index (χ2v) is 11.9. The Labute approximate surface area is 224 Å². The van der Waals surface area contributed by atoms with Gasteiger partial charge in [0.15, 0.2) is 0 Å². The van der Waals surface area contributed by atoms with Crippen LogP contribution in [0.2, 0.25) is 5.02 Å². The van der Waals surface area contributed by atoms with Gasteiger partial charge in [0.1, 0.15) is 11.9 Å². The maximum absolute atomic E-state index is 15.7. The highest BCUT2D eigenvalue weighted by Crippen LogP contribution is 2.42. The van der Waals surface area contributed by atoms with Gasteiger partial charge in [-0.2, -0.15) is 0 Å². The molecule has 3 aromatic rings. The molecule has 1 unspecified atom stereocenters. The van der Waals surface area contributed by atoms with E-state index < -0.39 is 17.5 Å². The Morgan fingerprint density at radius 1 is 1.39 bits per heavy atom. The van der Waals surface area contributed by atoms with E-state index in [-0.39, 0.29) is 11.4 Å².